The molecule has 110 valence electrons. The summed E-state index contributed by atoms with van der Waals surface area (Å²) in [6.07, 6.45) is -0.765. The zero-order chi connectivity index (χ0) is 15.5. The van der Waals surface area contributed by atoms with Gasteiger partial charge in [0.2, 0.25) is 0 Å². The molecule has 1 aromatic heterocycles. The Morgan fingerprint density at radius 3 is 2.55 bits per heavy atom. The van der Waals surface area contributed by atoms with Crippen LogP contribution < -0.4 is 4.74 Å². The number of ether oxygens (including phenoxy) is 2. The third-order valence-electron chi connectivity index (χ3n) is 3.18. The normalized spacial score (nSPS) is 10.5. The molecule has 0 saturated carbocycles. The molecule has 0 aliphatic heterocycles. The van der Waals surface area contributed by atoms with Gasteiger partial charge in [0.05, 0.1) is 18.3 Å². The van der Waals surface area contributed by atoms with Crippen molar-refractivity contribution < 1.29 is 14.3 Å². The van der Waals surface area contributed by atoms with E-state index in [2.05, 4.69) is 9.72 Å². The number of rotatable bonds is 2. The topological polar surface area (TPSA) is 48.4 Å². The molecule has 4 nitrogen and oxygen atoms in total. The number of carbonyl (C=O) groups is 1. The third kappa shape index (κ3) is 2.87. The van der Waals surface area contributed by atoms with Crippen molar-refractivity contribution in [2.45, 2.75) is 0 Å². The molecule has 3 rings (SSSR count). The van der Waals surface area contributed by atoms with Crippen molar-refractivity contribution in [3.63, 3.8) is 0 Å². The van der Waals surface area contributed by atoms with E-state index >= 15 is 0 Å². The van der Waals surface area contributed by atoms with Gasteiger partial charge in [-0.15, -0.1) is 0 Å². The summed E-state index contributed by atoms with van der Waals surface area (Å²) in [7, 11) is 1.27. The van der Waals surface area contributed by atoms with Gasteiger partial charge in [-0.25, -0.2) is 9.78 Å². The van der Waals surface area contributed by atoms with Gasteiger partial charge >= 0.3 is 6.16 Å². The maximum absolute atomic E-state index is 11.4. The first kappa shape index (κ1) is 14.4. The van der Waals surface area contributed by atoms with Crippen LogP contribution in [0.15, 0.2) is 54.6 Å². The zero-order valence-electron chi connectivity index (χ0n) is 11.7. The number of hydrogen-bond acceptors (Lipinski definition) is 4. The Labute approximate surface area is 132 Å². The highest BCUT2D eigenvalue weighted by atomic mass is 35.5. The number of methoxy groups -OCH3 is 1. The lowest BCUT2D eigenvalue weighted by atomic mass is 10.1. The van der Waals surface area contributed by atoms with Crippen molar-refractivity contribution >= 4 is 28.7 Å². The van der Waals surface area contributed by atoms with E-state index in [1.54, 1.807) is 18.2 Å². The van der Waals surface area contributed by atoms with Crippen molar-refractivity contribution in [3.05, 3.63) is 59.6 Å². The molecular weight excluding hydrogens is 302 g/mol. The van der Waals surface area contributed by atoms with Gasteiger partial charge in [0.15, 0.2) is 0 Å². The van der Waals surface area contributed by atoms with E-state index in [-0.39, 0.29) is 0 Å². The third-order valence-corrected chi connectivity index (χ3v) is 3.43. The van der Waals surface area contributed by atoms with Crippen LogP contribution in [0.25, 0.3) is 22.2 Å². The first-order chi connectivity index (χ1) is 10.7. The van der Waals surface area contributed by atoms with Crippen molar-refractivity contribution in [2.24, 2.45) is 0 Å². The fourth-order valence-corrected chi connectivity index (χ4v) is 2.25. The summed E-state index contributed by atoms with van der Waals surface area (Å²) < 4.78 is 9.80. The molecule has 0 fully saturated rings. The molecule has 2 aromatic carbocycles. The van der Waals surface area contributed by atoms with Gasteiger partial charge in [0.25, 0.3) is 0 Å². The Morgan fingerprint density at radius 2 is 1.82 bits per heavy atom. The first-order valence-electron chi connectivity index (χ1n) is 6.59. The minimum Gasteiger partial charge on any atom is -0.437 e. The monoisotopic (exact) mass is 313 g/mol. The molecule has 1 heterocycles. The van der Waals surface area contributed by atoms with Crippen LogP contribution in [0.2, 0.25) is 5.02 Å². The van der Waals surface area contributed by atoms with Crippen molar-refractivity contribution in [2.75, 3.05) is 7.11 Å². The molecule has 0 aliphatic rings. The van der Waals surface area contributed by atoms with Crippen LogP contribution in [-0.4, -0.2) is 18.2 Å². The first-order valence-corrected chi connectivity index (χ1v) is 6.96. The van der Waals surface area contributed by atoms with Gasteiger partial charge in [0, 0.05) is 22.0 Å². The van der Waals surface area contributed by atoms with Gasteiger partial charge in [-0.2, -0.15) is 0 Å². The minimum absolute atomic E-state index is 0.405. The van der Waals surface area contributed by atoms with Crippen molar-refractivity contribution in [3.8, 4) is 17.0 Å². The number of pyridine rings is 1. The summed E-state index contributed by atoms with van der Waals surface area (Å²) in [5.74, 6) is 0.405. The van der Waals surface area contributed by atoms with Gasteiger partial charge in [-0.05, 0) is 24.3 Å². The molecule has 0 radical (unpaired) electrons. The SMILES string of the molecule is COC(=O)Oc1cc(-c2ccc(Cl)cc2)nc2ccccc12. The molecule has 0 atom stereocenters. The predicted molar refractivity (Wildman–Crippen MR) is 85.2 cm³/mol. The average molecular weight is 314 g/mol. The summed E-state index contributed by atoms with van der Waals surface area (Å²) in [6, 6.07) is 16.4. The maximum atomic E-state index is 11.4. The Morgan fingerprint density at radius 1 is 1.09 bits per heavy atom. The number of benzene rings is 2. The molecule has 0 spiro atoms. The fraction of sp³-hybridized carbons (Fsp3) is 0.0588. The number of halogens is 1. The number of para-hydroxylation sites is 1. The average Bonchev–Trinajstić information content (AvgIpc) is 2.55. The predicted octanol–water partition coefficient (Wildman–Crippen LogP) is 4.70. The molecule has 0 bridgehead atoms. The lowest BCUT2D eigenvalue weighted by Gasteiger charge is -2.09. The zero-order valence-corrected chi connectivity index (χ0v) is 12.5. The van der Waals surface area contributed by atoms with Crippen LogP contribution in [0.1, 0.15) is 0 Å². The number of nitrogens with zero attached hydrogens (tertiary/aromatic N) is 1. The van der Waals surface area contributed by atoms with Crippen molar-refractivity contribution in [1.29, 1.82) is 0 Å². The van der Waals surface area contributed by atoms with Gasteiger partial charge in [0.1, 0.15) is 5.75 Å². The van der Waals surface area contributed by atoms with E-state index in [1.165, 1.54) is 7.11 Å². The van der Waals surface area contributed by atoms with E-state index < -0.39 is 6.16 Å². The van der Waals surface area contributed by atoms with E-state index in [1.807, 2.05) is 36.4 Å². The highest BCUT2D eigenvalue weighted by Gasteiger charge is 2.12. The second-order valence-corrected chi connectivity index (χ2v) is 5.02. The van der Waals surface area contributed by atoms with E-state index in [0.29, 0.717) is 16.5 Å². The van der Waals surface area contributed by atoms with Crippen LogP contribution in [-0.2, 0) is 4.74 Å². The van der Waals surface area contributed by atoms with Crippen LogP contribution >= 0.6 is 11.6 Å². The van der Waals surface area contributed by atoms with E-state index in [4.69, 9.17) is 16.3 Å². The number of hydrogen-bond donors (Lipinski definition) is 0. The summed E-state index contributed by atoms with van der Waals surface area (Å²) in [4.78, 5) is 16.0. The molecule has 0 N–H and O–H groups in total. The highest BCUT2D eigenvalue weighted by molar-refractivity contribution is 6.30. The number of carbonyl (C=O) groups excluding carboxylic acids is 1. The Kier molecular flexibility index (Phi) is 3.94. The maximum Gasteiger partial charge on any atom is 0.513 e. The second-order valence-electron chi connectivity index (χ2n) is 4.59. The summed E-state index contributed by atoms with van der Waals surface area (Å²) >= 11 is 5.91. The van der Waals surface area contributed by atoms with Crippen LogP contribution in [0.3, 0.4) is 0 Å². The molecule has 5 heteroatoms. The molecule has 0 unspecified atom stereocenters. The van der Waals surface area contributed by atoms with Crippen LogP contribution in [0.4, 0.5) is 4.79 Å². The molecule has 22 heavy (non-hydrogen) atoms. The summed E-state index contributed by atoms with van der Waals surface area (Å²) in [5.41, 5.74) is 2.30. The Balaban J connectivity index is 2.15. The molecule has 0 saturated heterocycles. The van der Waals surface area contributed by atoms with E-state index in [0.717, 1.165) is 16.5 Å². The molecule has 3 aromatic rings. The van der Waals surface area contributed by atoms with Gasteiger partial charge in [-0.1, -0.05) is 35.9 Å². The minimum atomic E-state index is -0.765. The lowest BCUT2D eigenvalue weighted by Crippen LogP contribution is -2.08. The Hall–Kier alpha value is -2.59. The fourth-order valence-electron chi connectivity index (χ4n) is 2.13. The van der Waals surface area contributed by atoms with Crippen LogP contribution in [0.5, 0.6) is 5.75 Å². The molecule has 0 aliphatic carbocycles. The van der Waals surface area contributed by atoms with Gasteiger partial charge < -0.3 is 9.47 Å². The standard InChI is InChI=1S/C17H12ClNO3/c1-21-17(20)22-16-10-15(11-6-8-12(18)9-7-11)19-14-5-3-2-4-13(14)16/h2-10H,1H3. The quantitative estimate of drug-likeness (QED) is 0.643. The summed E-state index contributed by atoms with van der Waals surface area (Å²) in [6.45, 7) is 0. The molecule has 0 amide bonds. The van der Waals surface area contributed by atoms with E-state index in [9.17, 15) is 4.79 Å². The van der Waals surface area contributed by atoms with Gasteiger partial charge in [-0.3, -0.25) is 0 Å². The largest absolute Gasteiger partial charge is 0.513 e. The highest BCUT2D eigenvalue weighted by Crippen LogP contribution is 2.30. The second kappa shape index (κ2) is 6.03. The number of aromatic nitrogens is 1. The smallest absolute Gasteiger partial charge is 0.437 e. The summed E-state index contributed by atoms with van der Waals surface area (Å²) in [5, 5.41) is 1.39. The van der Waals surface area contributed by atoms with Crippen molar-refractivity contribution in [1.82, 2.24) is 4.98 Å². The number of fused-ring (bicyclic) bond motifs is 1. The molecular formula is C17H12ClNO3. The lowest BCUT2D eigenvalue weighted by molar-refractivity contribution is 0.122. The Bertz CT molecular complexity index is 831. The van der Waals surface area contributed by atoms with Crippen LogP contribution in [0, 0.1) is 0 Å².